The van der Waals surface area contributed by atoms with E-state index in [4.69, 9.17) is 0 Å². The second-order valence-electron chi connectivity index (χ2n) is 7.83. The van der Waals surface area contributed by atoms with Gasteiger partial charge in [0.15, 0.2) is 5.71 Å². The van der Waals surface area contributed by atoms with Crippen molar-refractivity contribution in [2.24, 2.45) is 5.10 Å². The lowest BCUT2D eigenvalue weighted by molar-refractivity contribution is -0.139. The van der Waals surface area contributed by atoms with Crippen LogP contribution in [0.2, 0.25) is 0 Å². The van der Waals surface area contributed by atoms with Gasteiger partial charge in [0.25, 0.3) is 11.8 Å². The van der Waals surface area contributed by atoms with Crippen molar-refractivity contribution in [1.82, 2.24) is 5.43 Å². The fourth-order valence-corrected chi connectivity index (χ4v) is 3.98. The minimum Gasteiger partial charge on any atom is -0.480 e. The zero-order valence-electron chi connectivity index (χ0n) is 18.8. The third-order valence-electron chi connectivity index (χ3n) is 5.35. The van der Waals surface area contributed by atoms with E-state index in [1.807, 2.05) is 0 Å². The number of anilines is 2. The Morgan fingerprint density at radius 1 is 1.12 bits per heavy atom. The summed E-state index contributed by atoms with van der Waals surface area (Å²) in [6.45, 7) is 3.48. The summed E-state index contributed by atoms with van der Waals surface area (Å²) >= 11 is 2.08. The molecule has 0 aliphatic carbocycles. The number of hydrazone groups is 1. The Balaban J connectivity index is 1.73. The van der Waals surface area contributed by atoms with Crippen molar-refractivity contribution in [3.05, 3.63) is 57.2 Å². The topological polar surface area (TPSA) is 128 Å². The second kappa shape index (κ2) is 11.2. The molecule has 0 saturated heterocycles. The van der Waals surface area contributed by atoms with Crippen LogP contribution >= 0.6 is 22.6 Å². The van der Waals surface area contributed by atoms with Crippen molar-refractivity contribution in [2.75, 3.05) is 10.2 Å². The summed E-state index contributed by atoms with van der Waals surface area (Å²) in [6.07, 6.45) is 3.30. The number of carboxylic acids is 1. The smallest absolute Gasteiger partial charge is 0.326 e. The molecule has 1 heterocycles. The molecule has 0 fully saturated rings. The molecule has 1 aliphatic rings. The first kappa shape index (κ1) is 25.3. The summed E-state index contributed by atoms with van der Waals surface area (Å²) in [5, 5.41) is 16.2. The molecule has 0 bridgehead atoms. The number of rotatable bonds is 9. The number of fused-ring (bicyclic) bond motifs is 1. The van der Waals surface area contributed by atoms with E-state index >= 15 is 0 Å². The van der Waals surface area contributed by atoms with Gasteiger partial charge in [-0.3, -0.25) is 19.3 Å². The minimum atomic E-state index is -1.15. The van der Waals surface area contributed by atoms with Gasteiger partial charge in [0.05, 0.1) is 5.69 Å². The van der Waals surface area contributed by atoms with Crippen LogP contribution in [-0.4, -0.2) is 40.6 Å². The maximum atomic E-state index is 12.9. The number of nitrogens with zero attached hydrogens (tertiary/aromatic N) is 2. The predicted octanol–water partition coefficient (Wildman–Crippen LogP) is 3.76. The molecule has 2 aromatic carbocycles. The van der Waals surface area contributed by atoms with Gasteiger partial charge < -0.3 is 10.4 Å². The number of aliphatic carboxylic acids is 1. The van der Waals surface area contributed by atoms with E-state index in [0.29, 0.717) is 23.4 Å². The fourth-order valence-electron chi connectivity index (χ4n) is 3.48. The number of benzene rings is 2. The number of unbranched alkanes of at least 4 members (excludes halogenated alkanes) is 2. The normalized spacial score (nSPS) is 14.6. The summed E-state index contributed by atoms with van der Waals surface area (Å²) in [5.41, 5.74) is 4.09. The Kier molecular flexibility index (Phi) is 8.37. The molecule has 3 amide bonds. The molecule has 10 heteroatoms. The number of carbonyl (C=O) groups is 4. The van der Waals surface area contributed by atoms with E-state index in [2.05, 4.69) is 45.4 Å². The highest BCUT2D eigenvalue weighted by Gasteiger charge is 2.39. The fraction of sp³-hybridized carbons (Fsp3) is 0.292. The molecule has 0 aromatic heterocycles. The van der Waals surface area contributed by atoms with Crippen molar-refractivity contribution < 1.29 is 24.3 Å². The molecule has 1 unspecified atom stereocenters. The Labute approximate surface area is 210 Å². The van der Waals surface area contributed by atoms with E-state index in [0.717, 1.165) is 27.7 Å². The molecule has 178 valence electrons. The van der Waals surface area contributed by atoms with E-state index in [1.165, 1.54) is 6.92 Å². The third kappa shape index (κ3) is 5.79. The van der Waals surface area contributed by atoms with Crippen LogP contribution in [0.1, 0.15) is 55.5 Å². The first-order chi connectivity index (χ1) is 16.2. The van der Waals surface area contributed by atoms with Crippen molar-refractivity contribution in [1.29, 1.82) is 0 Å². The van der Waals surface area contributed by atoms with Gasteiger partial charge in [0.1, 0.15) is 6.04 Å². The molecule has 34 heavy (non-hydrogen) atoms. The summed E-state index contributed by atoms with van der Waals surface area (Å²) in [6, 6.07) is 10.4. The summed E-state index contributed by atoms with van der Waals surface area (Å²) in [7, 11) is 0. The van der Waals surface area contributed by atoms with Gasteiger partial charge in [-0.15, -0.1) is 0 Å². The average Bonchev–Trinajstić information content (AvgIpc) is 3.07. The number of nitrogens with one attached hydrogen (secondary N) is 2. The zero-order chi connectivity index (χ0) is 24.8. The van der Waals surface area contributed by atoms with Gasteiger partial charge in [-0.1, -0.05) is 19.8 Å². The number of hydrogen-bond acceptors (Lipinski definition) is 5. The van der Waals surface area contributed by atoms with Crippen molar-refractivity contribution in [3.63, 3.8) is 0 Å². The highest BCUT2D eigenvalue weighted by atomic mass is 127. The number of halogens is 1. The molecule has 2 aromatic rings. The van der Waals surface area contributed by atoms with Crippen LogP contribution in [-0.2, 0) is 14.4 Å². The second-order valence-corrected chi connectivity index (χ2v) is 9.08. The lowest BCUT2D eigenvalue weighted by Gasteiger charge is -2.21. The summed E-state index contributed by atoms with van der Waals surface area (Å²) < 4.78 is 0.834. The molecular weight excluding hydrogens is 551 g/mol. The van der Waals surface area contributed by atoms with Crippen molar-refractivity contribution in [3.8, 4) is 0 Å². The number of hydrogen-bond donors (Lipinski definition) is 3. The minimum absolute atomic E-state index is 0.0362. The van der Waals surface area contributed by atoms with E-state index in [-0.39, 0.29) is 17.2 Å². The summed E-state index contributed by atoms with van der Waals surface area (Å²) in [5.74, 6) is -2.38. The SMILES string of the molecule is CCCCCC(=O)Nc1ccc(C(=O)N/N=C2\C(=O)N(C(C)C(=O)O)c3ccc(I)cc32)cc1. The van der Waals surface area contributed by atoms with Gasteiger partial charge in [-0.25, -0.2) is 10.2 Å². The highest BCUT2D eigenvalue weighted by molar-refractivity contribution is 14.1. The largest absolute Gasteiger partial charge is 0.480 e. The van der Waals surface area contributed by atoms with Gasteiger partial charge in [0, 0.05) is 26.8 Å². The molecule has 0 spiro atoms. The van der Waals surface area contributed by atoms with Gasteiger partial charge in [0.2, 0.25) is 5.91 Å². The number of carbonyl (C=O) groups excluding carboxylic acids is 3. The number of amides is 3. The maximum Gasteiger partial charge on any atom is 0.326 e. The Hall–Kier alpha value is -3.28. The van der Waals surface area contributed by atoms with Crippen LogP contribution in [0.25, 0.3) is 0 Å². The molecule has 9 nitrogen and oxygen atoms in total. The van der Waals surface area contributed by atoms with Gasteiger partial charge in [-0.05, 0) is 78.4 Å². The molecule has 0 saturated carbocycles. The average molecular weight is 576 g/mol. The van der Waals surface area contributed by atoms with Crippen LogP contribution in [0.15, 0.2) is 47.6 Å². The number of carboxylic acid groups (broad SMARTS) is 1. The zero-order valence-corrected chi connectivity index (χ0v) is 21.0. The molecule has 0 radical (unpaired) electrons. The first-order valence-electron chi connectivity index (χ1n) is 10.9. The van der Waals surface area contributed by atoms with Crippen LogP contribution in [0.5, 0.6) is 0 Å². The Morgan fingerprint density at radius 2 is 1.82 bits per heavy atom. The quantitative estimate of drug-likeness (QED) is 0.238. The Bertz CT molecular complexity index is 1150. The lowest BCUT2D eigenvalue weighted by Crippen LogP contribution is -2.43. The maximum absolute atomic E-state index is 12.9. The molecule has 3 rings (SSSR count). The Morgan fingerprint density at radius 3 is 2.47 bits per heavy atom. The van der Waals surface area contributed by atoms with E-state index in [1.54, 1.807) is 42.5 Å². The van der Waals surface area contributed by atoms with Gasteiger partial charge in [-0.2, -0.15) is 5.10 Å². The highest BCUT2D eigenvalue weighted by Crippen LogP contribution is 2.32. The molecule has 1 aliphatic heterocycles. The van der Waals surface area contributed by atoms with Crippen LogP contribution in [0.4, 0.5) is 11.4 Å². The predicted molar refractivity (Wildman–Crippen MR) is 137 cm³/mol. The van der Waals surface area contributed by atoms with Crippen LogP contribution < -0.4 is 15.6 Å². The monoisotopic (exact) mass is 576 g/mol. The first-order valence-corrected chi connectivity index (χ1v) is 11.9. The molecule has 1 atom stereocenters. The molecule has 3 N–H and O–H groups in total. The van der Waals surface area contributed by atoms with Crippen LogP contribution in [0.3, 0.4) is 0 Å². The standard InChI is InChI=1S/C24H25IN4O5/c1-3-4-5-6-20(30)26-17-10-7-15(8-11-17)22(31)28-27-21-18-13-16(25)9-12-19(18)29(23(21)32)14(2)24(33)34/h7-14H,3-6H2,1-2H3,(H,26,30)(H,28,31)(H,33,34)/b27-21-. The van der Waals surface area contributed by atoms with Crippen molar-refractivity contribution >= 4 is 63.4 Å². The third-order valence-corrected chi connectivity index (χ3v) is 6.02. The molecular formula is C24H25IN4O5. The van der Waals surface area contributed by atoms with E-state index in [9.17, 15) is 24.3 Å². The van der Waals surface area contributed by atoms with E-state index < -0.39 is 23.8 Å². The summed E-state index contributed by atoms with van der Waals surface area (Å²) in [4.78, 5) is 50.1. The van der Waals surface area contributed by atoms with Gasteiger partial charge >= 0.3 is 5.97 Å². The van der Waals surface area contributed by atoms with Crippen LogP contribution in [0, 0.1) is 3.57 Å². The van der Waals surface area contributed by atoms with Crippen molar-refractivity contribution in [2.45, 2.75) is 45.6 Å². The lowest BCUT2D eigenvalue weighted by atomic mass is 10.1.